The molecule has 0 aliphatic carbocycles. The summed E-state index contributed by atoms with van der Waals surface area (Å²) in [5.41, 5.74) is 4.25. The second-order valence-corrected chi connectivity index (χ2v) is 4.28. The lowest BCUT2D eigenvalue weighted by molar-refractivity contribution is 1.27. The zero-order valence-corrected chi connectivity index (χ0v) is 10.2. The van der Waals surface area contributed by atoms with E-state index in [0.717, 1.165) is 16.5 Å². The molecule has 2 aromatic rings. The van der Waals surface area contributed by atoms with Crippen LogP contribution in [0.2, 0.25) is 5.15 Å². The molecule has 0 saturated heterocycles. The molecular weight excluding hydrogens is 229 g/mol. The van der Waals surface area contributed by atoms with Crippen LogP contribution in [0.1, 0.15) is 16.7 Å². The van der Waals surface area contributed by atoms with Crippen LogP contribution in [-0.4, -0.2) is 4.98 Å². The summed E-state index contributed by atoms with van der Waals surface area (Å²) in [6.07, 6.45) is 0. The molecule has 0 radical (unpaired) electrons. The number of nitrogens with zero attached hydrogens (tertiary/aromatic N) is 1. The molecule has 0 unspecified atom stereocenters. The third-order valence-corrected chi connectivity index (χ3v) is 3.30. The first-order chi connectivity index (χ1) is 7.13. The second-order valence-electron chi connectivity index (χ2n) is 3.65. The molecule has 0 bridgehead atoms. The van der Waals surface area contributed by atoms with Gasteiger partial charge in [-0.3, -0.25) is 0 Å². The average Bonchev–Trinajstić information content (AvgIpc) is 2.24. The molecule has 3 heteroatoms. The molecule has 1 aromatic carbocycles. The monoisotopic (exact) mass is 239 g/mol. The van der Waals surface area contributed by atoms with Crippen molar-refractivity contribution in [1.29, 1.82) is 0 Å². The summed E-state index contributed by atoms with van der Waals surface area (Å²) in [4.78, 5) is 4.39. The quantitative estimate of drug-likeness (QED) is 0.536. The van der Waals surface area contributed by atoms with Crippen molar-refractivity contribution in [2.24, 2.45) is 0 Å². The first-order valence-corrected chi connectivity index (χ1v) is 5.66. The molecule has 15 heavy (non-hydrogen) atoms. The molecule has 0 atom stereocenters. The summed E-state index contributed by atoms with van der Waals surface area (Å²) in [5, 5.41) is 1.60. The Kier molecular flexibility index (Phi) is 2.85. The van der Waals surface area contributed by atoms with Crippen LogP contribution in [0.25, 0.3) is 10.9 Å². The van der Waals surface area contributed by atoms with Gasteiger partial charge < -0.3 is 0 Å². The standard InChI is InChI=1S/C12H11Cl2N/c1-7-3-4-9-5-10(6-13)12(14)15-11(9)8(7)2/h3-5H,6H2,1-2H3. The normalized spacial score (nSPS) is 10.9. The first-order valence-electron chi connectivity index (χ1n) is 4.75. The Morgan fingerprint density at radius 2 is 2.00 bits per heavy atom. The van der Waals surface area contributed by atoms with E-state index < -0.39 is 0 Å². The van der Waals surface area contributed by atoms with Crippen molar-refractivity contribution in [2.45, 2.75) is 19.7 Å². The van der Waals surface area contributed by atoms with Gasteiger partial charge in [0.05, 0.1) is 11.4 Å². The van der Waals surface area contributed by atoms with Crippen LogP contribution in [0.4, 0.5) is 0 Å². The number of aromatic nitrogens is 1. The van der Waals surface area contributed by atoms with Crippen molar-refractivity contribution >= 4 is 34.1 Å². The number of alkyl halides is 1. The van der Waals surface area contributed by atoms with Gasteiger partial charge in [0.25, 0.3) is 0 Å². The van der Waals surface area contributed by atoms with Gasteiger partial charge in [0.2, 0.25) is 0 Å². The summed E-state index contributed by atoms with van der Waals surface area (Å²) in [6, 6.07) is 6.15. The van der Waals surface area contributed by atoms with Gasteiger partial charge in [-0.05, 0) is 31.0 Å². The van der Waals surface area contributed by atoms with Crippen LogP contribution < -0.4 is 0 Å². The Bertz CT molecular complexity index is 521. The van der Waals surface area contributed by atoms with E-state index in [-0.39, 0.29) is 0 Å². The van der Waals surface area contributed by atoms with Gasteiger partial charge in [0.15, 0.2) is 0 Å². The van der Waals surface area contributed by atoms with Crippen LogP contribution in [0, 0.1) is 13.8 Å². The fraction of sp³-hybridized carbons (Fsp3) is 0.250. The topological polar surface area (TPSA) is 12.9 Å². The number of hydrogen-bond donors (Lipinski definition) is 0. The Hall–Kier alpha value is -0.790. The van der Waals surface area contributed by atoms with Gasteiger partial charge >= 0.3 is 0 Å². The minimum Gasteiger partial charge on any atom is -0.235 e. The average molecular weight is 240 g/mol. The summed E-state index contributed by atoms with van der Waals surface area (Å²) >= 11 is 11.8. The Morgan fingerprint density at radius 1 is 1.27 bits per heavy atom. The lowest BCUT2D eigenvalue weighted by atomic mass is 10.0. The molecule has 78 valence electrons. The highest BCUT2D eigenvalue weighted by Crippen LogP contribution is 2.25. The Labute approximate surface area is 99.0 Å². The van der Waals surface area contributed by atoms with Crippen molar-refractivity contribution < 1.29 is 0 Å². The van der Waals surface area contributed by atoms with Crippen LogP contribution >= 0.6 is 23.2 Å². The Morgan fingerprint density at radius 3 is 2.67 bits per heavy atom. The fourth-order valence-corrected chi connectivity index (χ4v) is 2.08. The van der Waals surface area contributed by atoms with E-state index in [1.54, 1.807) is 0 Å². The minimum absolute atomic E-state index is 0.398. The molecule has 0 aliphatic rings. The highest BCUT2D eigenvalue weighted by atomic mass is 35.5. The number of benzene rings is 1. The minimum atomic E-state index is 0.398. The number of pyridine rings is 1. The third kappa shape index (κ3) is 1.82. The molecule has 1 aromatic heterocycles. The Balaban J connectivity index is 2.81. The molecule has 0 N–H and O–H groups in total. The largest absolute Gasteiger partial charge is 0.235 e. The predicted octanol–water partition coefficient (Wildman–Crippen LogP) is 4.24. The van der Waals surface area contributed by atoms with Crippen molar-refractivity contribution in [1.82, 2.24) is 4.98 Å². The van der Waals surface area contributed by atoms with Gasteiger partial charge in [0.1, 0.15) is 5.15 Å². The van der Waals surface area contributed by atoms with Crippen LogP contribution in [0.15, 0.2) is 18.2 Å². The summed E-state index contributed by atoms with van der Waals surface area (Å²) < 4.78 is 0. The molecule has 2 rings (SSSR count). The van der Waals surface area contributed by atoms with Crippen molar-refractivity contribution in [3.63, 3.8) is 0 Å². The summed E-state index contributed by atoms with van der Waals surface area (Å²) in [5.74, 6) is 0.398. The molecule has 0 saturated carbocycles. The summed E-state index contributed by atoms with van der Waals surface area (Å²) in [6.45, 7) is 4.13. The van der Waals surface area contributed by atoms with E-state index in [2.05, 4.69) is 31.0 Å². The number of rotatable bonds is 1. The summed E-state index contributed by atoms with van der Waals surface area (Å²) in [7, 11) is 0. The highest BCUT2D eigenvalue weighted by molar-refractivity contribution is 6.31. The predicted molar refractivity (Wildman–Crippen MR) is 65.8 cm³/mol. The lowest BCUT2D eigenvalue weighted by Crippen LogP contribution is -1.91. The van der Waals surface area contributed by atoms with E-state index in [9.17, 15) is 0 Å². The van der Waals surface area contributed by atoms with Gasteiger partial charge in [-0.25, -0.2) is 4.98 Å². The van der Waals surface area contributed by atoms with Crippen molar-refractivity contribution in [2.75, 3.05) is 0 Å². The number of halogens is 2. The maximum Gasteiger partial charge on any atom is 0.134 e. The van der Waals surface area contributed by atoms with Crippen LogP contribution in [0.3, 0.4) is 0 Å². The van der Waals surface area contributed by atoms with Gasteiger partial charge in [-0.15, -0.1) is 11.6 Å². The van der Waals surface area contributed by atoms with Crippen molar-refractivity contribution in [3.8, 4) is 0 Å². The highest BCUT2D eigenvalue weighted by Gasteiger charge is 2.06. The van der Waals surface area contributed by atoms with E-state index in [0.29, 0.717) is 11.0 Å². The van der Waals surface area contributed by atoms with Gasteiger partial charge in [-0.1, -0.05) is 23.7 Å². The fourth-order valence-electron chi connectivity index (χ4n) is 1.60. The molecule has 1 nitrogen and oxygen atoms in total. The van der Waals surface area contributed by atoms with Crippen molar-refractivity contribution in [3.05, 3.63) is 40.0 Å². The molecule has 0 amide bonds. The maximum atomic E-state index is 6.03. The molecule has 0 spiro atoms. The lowest BCUT2D eigenvalue weighted by Gasteiger charge is -2.07. The van der Waals surface area contributed by atoms with Crippen LogP contribution in [0.5, 0.6) is 0 Å². The maximum absolute atomic E-state index is 6.03. The first kappa shape index (κ1) is 10.7. The van der Waals surface area contributed by atoms with Gasteiger partial charge in [-0.2, -0.15) is 0 Å². The molecular formula is C12H11Cl2N. The van der Waals surface area contributed by atoms with E-state index in [1.807, 2.05) is 6.07 Å². The zero-order chi connectivity index (χ0) is 11.0. The van der Waals surface area contributed by atoms with E-state index in [1.165, 1.54) is 11.1 Å². The van der Waals surface area contributed by atoms with E-state index >= 15 is 0 Å². The van der Waals surface area contributed by atoms with E-state index in [4.69, 9.17) is 23.2 Å². The number of hydrogen-bond acceptors (Lipinski definition) is 1. The second kappa shape index (κ2) is 3.99. The smallest absolute Gasteiger partial charge is 0.134 e. The van der Waals surface area contributed by atoms with Crippen LogP contribution in [-0.2, 0) is 5.88 Å². The zero-order valence-electron chi connectivity index (χ0n) is 8.64. The third-order valence-electron chi connectivity index (χ3n) is 2.68. The number of aryl methyl sites for hydroxylation is 2. The molecule has 0 aliphatic heterocycles. The molecule has 1 heterocycles. The molecule has 0 fully saturated rings. The van der Waals surface area contributed by atoms with Gasteiger partial charge in [0, 0.05) is 10.9 Å². The number of fused-ring (bicyclic) bond motifs is 1. The SMILES string of the molecule is Cc1ccc2cc(CCl)c(Cl)nc2c1C.